The van der Waals surface area contributed by atoms with E-state index in [1.54, 1.807) is 17.0 Å². The third-order valence-corrected chi connectivity index (χ3v) is 6.20. The molecular formula is C28H36N2O4. The molecule has 0 aromatic heterocycles. The second-order valence-corrected chi connectivity index (χ2v) is 8.97. The van der Waals surface area contributed by atoms with Gasteiger partial charge in [0.1, 0.15) is 11.5 Å². The van der Waals surface area contributed by atoms with Crippen LogP contribution in [0.2, 0.25) is 0 Å². The first-order chi connectivity index (χ1) is 16.3. The van der Waals surface area contributed by atoms with Crippen molar-refractivity contribution in [3.63, 3.8) is 0 Å². The maximum Gasteiger partial charge on any atom is 0.295 e. The van der Waals surface area contributed by atoms with Crippen LogP contribution in [0, 0.1) is 6.92 Å². The number of likely N-dealkylation sites (tertiary alicyclic amines) is 1. The number of Topliss-reactive ketones (excluding diaryl/α,β-unsaturated/α-hetero) is 1. The van der Waals surface area contributed by atoms with Gasteiger partial charge in [0.15, 0.2) is 0 Å². The molecule has 1 atom stereocenters. The molecular weight excluding hydrogens is 428 g/mol. The van der Waals surface area contributed by atoms with Gasteiger partial charge in [0, 0.05) is 12.1 Å². The number of carbonyl (C=O) groups excluding carboxylic acids is 2. The van der Waals surface area contributed by atoms with Crippen molar-refractivity contribution in [2.45, 2.75) is 53.2 Å². The van der Waals surface area contributed by atoms with Gasteiger partial charge in [-0.3, -0.25) is 9.59 Å². The molecule has 2 aromatic carbocycles. The molecule has 1 saturated heterocycles. The summed E-state index contributed by atoms with van der Waals surface area (Å²) < 4.78 is 5.76. The predicted octanol–water partition coefficient (Wildman–Crippen LogP) is 4.94. The van der Waals surface area contributed by atoms with Crippen molar-refractivity contribution in [1.82, 2.24) is 9.80 Å². The fourth-order valence-corrected chi connectivity index (χ4v) is 4.33. The van der Waals surface area contributed by atoms with Crippen LogP contribution in [-0.2, 0) is 9.59 Å². The van der Waals surface area contributed by atoms with E-state index in [1.165, 1.54) is 0 Å². The fraction of sp³-hybridized carbons (Fsp3) is 0.429. The van der Waals surface area contributed by atoms with Crippen molar-refractivity contribution in [1.29, 1.82) is 0 Å². The van der Waals surface area contributed by atoms with Crippen molar-refractivity contribution < 1.29 is 19.4 Å². The highest BCUT2D eigenvalue weighted by molar-refractivity contribution is 6.46. The molecule has 0 bridgehead atoms. The van der Waals surface area contributed by atoms with Crippen LogP contribution in [0.3, 0.4) is 0 Å². The average Bonchev–Trinajstić information content (AvgIpc) is 3.07. The molecule has 182 valence electrons. The van der Waals surface area contributed by atoms with Gasteiger partial charge in [-0.2, -0.15) is 0 Å². The van der Waals surface area contributed by atoms with Crippen LogP contribution in [0.25, 0.3) is 5.76 Å². The number of hydrogen-bond acceptors (Lipinski definition) is 5. The third kappa shape index (κ3) is 5.68. The van der Waals surface area contributed by atoms with E-state index in [0.717, 1.165) is 42.9 Å². The monoisotopic (exact) mass is 464 g/mol. The highest BCUT2D eigenvalue weighted by atomic mass is 16.5. The molecule has 0 aliphatic carbocycles. The van der Waals surface area contributed by atoms with E-state index in [-0.39, 0.29) is 17.4 Å². The first-order valence-corrected chi connectivity index (χ1v) is 12.1. The van der Waals surface area contributed by atoms with E-state index in [4.69, 9.17) is 4.74 Å². The smallest absolute Gasteiger partial charge is 0.295 e. The average molecular weight is 465 g/mol. The van der Waals surface area contributed by atoms with Crippen LogP contribution >= 0.6 is 0 Å². The molecule has 0 radical (unpaired) electrons. The number of benzene rings is 2. The van der Waals surface area contributed by atoms with Crippen molar-refractivity contribution >= 4 is 17.4 Å². The van der Waals surface area contributed by atoms with Gasteiger partial charge in [-0.15, -0.1) is 0 Å². The van der Waals surface area contributed by atoms with Crippen molar-refractivity contribution in [2.24, 2.45) is 0 Å². The first-order valence-electron chi connectivity index (χ1n) is 12.1. The maximum absolute atomic E-state index is 13.2. The molecule has 1 fully saturated rings. The van der Waals surface area contributed by atoms with Gasteiger partial charge in [-0.05, 0) is 64.5 Å². The highest BCUT2D eigenvalue weighted by Gasteiger charge is 2.45. The molecule has 6 nitrogen and oxygen atoms in total. The molecule has 2 aromatic rings. The Hall–Kier alpha value is -3.12. The Morgan fingerprint density at radius 2 is 1.65 bits per heavy atom. The number of ketones is 1. The molecule has 1 heterocycles. The van der Waals surface area contributed by atoms with E-state index >= 15 is 0 Å². The van der Waals surface area contributed by atoms with Crippen LogP contribution in [0.15, 0.2) is 54.1 Å². The number of nitrogens with zero attached hydrogens (tertiary/aromatic N) is 2. The second-order valence-electron chi connectivity index (χ2n) is 8.97. The predicted molar refractivity (Wildman–Crippen MR) is 135 cm³/mol. The number of aliphatic hydroxyl groups is 1. The summed E-state index contributed by atoms with van der Waals surface area (Å²) in [5.41, 5.74) is 2.48. The Morgan fingerprint density at radius 1 is 1.03 bits per heavy atom. The Labute approximate surface area is 202 Å². The number of aryl methyl sites for hydroxylation is 1. The molecule has 0 unspecified atom stereocenters. The Balaban J connectivity index is 2.01. The number of hydrogen-bond donors (Lipinski definition) is 1. The minimum absolute atomic E-state index is 0.0399. The zero-order valence-electron chi connectivity index (χ0n) is 20.9. The van der Waals surface area contributed by atoms with Gasteiger partial charge in [0.2, 0.25) is 0 Å². The fourth-order valence-electron chi connectivity index (χ4n) is 4.33. The Morgan fingerprint density at radius 3 is 2.21 bits per heavy atom. The standard InChI is InChI=1S/C28H36N2O4/c1-6-29(7-2)17-8-18-30-25(21-13-15-23(16-14-21)34-19(3)4)24(27(32)28(30)33)26(31)22-11-9-20(5)10-12-22/h9-16,19,25,31H,6-8,17-18H2,1-5H3/b26-24+/t25-/m1/s1. The lowest BCUT2D eigenvalue weighted by molar-refractivity contribution is -0.140. The second kappa shape index (κ2) is 11.3. The maximum atomic E-state index is 13.2. The first kappa shape index (κ1) is 25.5. The van der Waals surface area contributed by atoms with E-state index in [0.29, 0.717) is 12.1 Å². The number of carbonyl (C=O) groups is 2. The largest absolute Gasteiger partial charge is 0.507 e. The van der Waals surface area contributed by atoms with Crippen molar-refractivity contribution in [2.75, 3.05) is 26.2 Å². The summed E-state index contributed by atoms with van der Waals surface area (Å²) in [6, 6.07) is 14.1. The van der Waals surface area contributed by atoms with Crippen molar-refractivity contribution in [3.8, 4) is 5.75 Å². The summed E-state index contributed by atoms with van der Waals surface area (Å²) in [5.74, 6) is -0.637. The summed E-state index contributed by atoms with van der Waals surface area (Å²) >= 11 is 0. The van der Waals surface area contributed by atoms with Crippen LogP contribution in [0.1, 0.15) is 56.8 Å². The minimum Gasteiger partial charge on any atom is -0.507 e. The molecule has 34 heavy (non-hydrogen) atoms. The van der Waals surface area contributed by atoms with E-state index < -0.39 is 17.7 Å². The van der Waals surface area contributed by atoms with E-state index in [9.17, 15) is 14.7 Å². The number of rotatable bonds is 10. The molecule has 1 amide bonds. The molecule has 0 saturated carbocycles. The lowest BCUT2D eigenvalue weighted by Gasteiger charge is -2.27. The van der Waals surface area contributed by atoms with Crippen LogP contribution in [-0.4, -0.2) is 58.9 Å². The van der Waals surface area contributed by atoms with E-state index in [2.05, 4.69) is 18.7 Å². The highest BCUT2D eigenvalue weighted by Crippen LogP contribution is 2.40. The number of aliphatic hydroxyl groups excluding tert-OH is 1. The van der Waals surface area contributed by atoms with Gasteiger partial charge in [0.05, 0.1) is 17.7 Å². The lowest BCUT2D eigenvalue weighted by atomic mass is 9.95. The van der Waals surface area contributed by atoms with Crippen molar-refractivity contribution in [3.05, 3.63) is 70.8 Å². The Kier molecular flexibility index (Phi) is 8.51. The molecule has 0 spiro atoms. The molecule has 1 aliphatic rings. The summed E-state index contributed by atoms with van der Waals surface area (Å²) in [7, 11) is 0. The normalized spacial score (nSPS) is 17.7. The quantitative estimate of drug-likeness (QED) is 0.307. The van der Waals surface area contributed by atoms with Gasteiger partial charge in [0.25, 0.3) is 11.7 Å². The Bertz CT molecular complexity index is 1020. The van der Waals surface area contributed by atoms with Crippen LogP contribution in [0.5, 0.6) is 5.75 Å². The summed E-state index contributed by atoms with van der Waals surface area (Å²) in [6.07, 6.45) is 0.780. The number of ether oxygens (including phenoxy) is 1. The van der Waals surface area contributed by atoms with Crippen LogP contribution < -0.4 is 4.74 Å². The topological polar surface area (TPSA) is 70.1 Å². The summed E-state index contributed by atoms with van der Waals surface area (Å²) in [5, 5.41) is 11.2. The molecule has 1 aliphatic heterocycles. The minimum atomic E-state index is -0.647. The molecule has 6 heteroatoms. The van der Waals surface area contributed by atoms with Gasteiger partial charge < -0.3 is 19.6 Å². The van der Waals surface area contributed by atoms with Gasteiger partial charge in [-0.1, -0.05) is 55.8 Å². The van der Waals surface area contributed by atoms with E-state index in [1.807, 2.05) is 57.2 Å². The van der Waals surface area contributed by atoms with Gasteiger partial charge in [-0.25, -0.2) is 0 Å². The summed E-state index contributed by atoms with van der Waals surface area (Å²) in [6.45, 7) is 13.2. The third-order valence-electron chi connectivity index (χ3n) is 6.20. The van der Waals surface area contributed by atoms with Gasteiger partial charge >= 0.3 is 0 Å². The summed E-state index contributed by atoms with van der Waals surface area (Å²) in [4.78, 5) is 30.2. The number of amides is 1. The van der Waals surface area contributed by atoms with Crippen LogP contribution in [0.4, 0.5) is 0 Å². The zero-order valence-corrected chi connectivity index (χ0v) is 20.9. The molecule has 1 N–H and O–H groups in total. The molecule has 3 rings (SSSR count). The zero-order chi connectivity index (χ0) is 24.8. The SMILES string of the molecule is CCN(CC)CCCN1C(=O)C(=O)/C(=C(/O)c2ccc(C)cc2)[C@H]1c1ccc(OC(C)C)cc1. The lowest BCUT2D eigenvalue weighted by Crippen LogP contribution is -2.33.